The van der Waals surface area contributed by atoms with Gasteiger partial charge in [0.05, 0.1) is 25.8 Å². The monoisotopic (exact) mass is 684 g/mol. The quantitative estimate of drug-likeness (QED) is 0.304. The maximum atomic E-state index is 14.9. The minimum Gasteiger partial charge on any atom is -0.497 e. The molecule has 41 heavy (non-hydrogen) atoms. The van der Waals surface area contributed by atoms with Gasteiger partial charge in [0.2, 0.25) is 0 Å². The van der Waals surface area contributed by atoms with Gasteiger partial charge in [-0.05, 0) is 68.3 Å². The lowest BCUT2D eigenvalue weighted by Crippen LogP contribution is -2.62. The second-order valence-corrected chi connectivity index (χ2v) is 12.6. The Kier molecular flexibility index (Phi) is 9.40. The number of rotatable bonds is 8. The number of ether oxygens (including phenoxy) is 2. The number of hydrogen-bond donors (Lipinski definition) is 2. The summed E-state index contributed by atoms with van der Waals surface area (Å²) in [5.74, 6) is 1.29. The average Bonchev–Trinajstić information content (AvgIpc) is 3.39. The largest absolute Gasteiger partial charge is 0.497 e. The molecule has 0 aliphatic carbocycles. The Morgan fingerprint density at radius 3 is 1.90 bits per heavy atom. The number of piperazine rings is 1. The number of halogens is 2. The zero-order valence-corrected chi connectivity index (χ0v) is 27.2. The van der Waals surface area contributed by atoms with Crippen LogP contribution in [0.3, 0.4) is 0 Å². The summed E-state index contributed by atoms with van der Waals surface area (Å²) in [4.78, 5) is 19.3. The highest BCUT2D eigenvalue weighted by Gasteiger charge is 2.54. The van der Waals surface area contributed by atoms with Crippen LogP contribution in [-0.2, 0) is 10.5 Å². The molecule has 0 bridgehead atoms. The van der Waals surface area contributed by atoms with E-state index in [9.17, 15) is 4.79 Å². The third-order valence-corrected chi connectivity index (χ3v) is 9.14. The van der Waals surface area contributed by atoms with E-state index in [-0.39, 0.29) is 18.0 Å². The van der Waals surface area contributed by atoms with Gasteiger partial charge in [-0.2, -0.15) is 0 Å². The molecule has 2 aliphatic rings. The molecule has 2 atom stereocenters. The van der Waals surface area contributed by atoms with Crippen molar-refractivity contribution in [2.45, 2.75) is 44.6 Å². The van der Waals surface area contributed by atoms with E-state index in [0.717, 1.165) is 38.7 Å². The van der Waals surface area contributed by atoms with Gasteiger partial charge in [0.25, 0.3) is 5.91 Å². The fourth-order valence-corrected chi connectivity index (χ4v) is 6.38. The van der Waals surface area contributed by atoms with Gasteiger partial charge in [-0.1, -0.05) is 56.1 Å². The molecule has 2 aliphatic heterocycles. The van der Waals surface area contributed by atoms with Crippen LogP contribution in [0.1, 0.15) is 49.5 Å². The molecule has 9 heteroatoms. The van der Waals surface area contributed by atoms with Crippen LogP contribution in [0.4, 0.5) is 0 Å². The van der Waals surface area contributed by atoms with E-state index in [4.69, 9.17) is 9.47 Å². The molecule has 0 aromatic heterocycles. The molecule has 0 radical (unpaired) electrons. The van der Waals surface area contributed by atoms with E-state index in [1.165, 1.54) is 0 Å². The topological polar surface area (TPSA) is 66.1 Å². The lowest BCUT2D eigenvalue weighted by molar-refractivity contribution is -0.141. The molecule has 7 nitrogen and oxygen atoms in total. The van der Waals surface area contributed by atoms with Crippen LogP contribution in [0, 0.1) is 0 Å². The van der Waals surface area contributed by atoms with Crippen molar-refractivity contribution in [2.24, 2.45) is 0 Å². The lowest BCUT2D eigenvalue weighted by atomic mass is 9.95. The van der Waals surface area contributed by atoms with Gasteiger partial charge in [-0.15, -0.1) is 0 Å². The van der Waals surface area contributed by atoms with Crippen LogP contribution >= 0.6 is 31.9 Å². The fourth-order valence-electron chi connectivity index (χ4n) is 5.85. The standard InChI is InChI=1S/C32H38Br2N4O3/c1-5-41-28-20-26(40-4)14-15-27(28)32(31(39)38-18-16-37(17-19-38)21(2)3)35-29(22-6-10-24(33)11-7-22)30(36-32)23-8-12-25(34)13-9-23/h6-15,20-21,29-30,35-36H,5,16-19H2,1-4H3. The molecule has 2 unspecified atom stereocenters. The minimum absolute atomic E-state index is 0.00579. The van der Waals surface area contributed by atoms with Crippen LogP contribution in [-0.4, -0.2) is 61.6 Å². The first kappa shape index (κ1) is 30.0. The number of nitrogens with zero attached hydrogens (tertiary/aromatic N) is 2. The van der Waals surface area contributed by atoms with E-state index in [2.05, 4.69) is 85.5 Å². The minimum atomic E-state index is -1.23. The normalized spacial score (nSPS) is 23.1. The number of amides is 1. The second-order valence-electron chi connectivity index (χ2n) is 10.8. The molecule has 2 heterocycles. The van der Waals surface area contributed by atoms with Crippen molar-refractivity contribution in [1.82, 2.24) is 20.4 Å². The molecular formula is C32H38Br2N4O3. The van der Waals surface area contributed by atoms with Gasteiger partial charge in [0, 0.05) is 52.8 Å². The Balaban J connectivity index is 1.64. The van der Waals surface area contributed by atoms with Gasteiger partial charge in [0.1, 0.15) is 11.5 Å². The van der Waals surface area contributed by atoms with E-state index in [1.807, 2.05) is 54.3 Å². The van der Waals surface area contributed by atoms with Crippen LogP contribution in [0.25, 0.3) is 0 Å². The zero-order valence-electron chi connectivity index (χ0n) is 24.0. The van der Waals surface area contributed by atoms with Crippen LogP contribution in [0.2, 0.25) is 0 Å². The number of carbonyl (C=O) groups excluding carboxylic acids is 1. The van der Waals surface area contributed by atoms with Gasteiger partial charge in [-0.25, -0.2) is 0 Å². The summed E-state index contributed by atoms with van der Waals surface area (Å²) in [5.41, 5.74) is 1.68. The van der Waals surface area contributed by atoms with E-state index in [1.54, 1.807) is 7.11 Å². The van der Waals surface area contributed by atoms with Crippen molar-refractivity contribution in [3.63, 3.8) is 0 Å². The molecular weight excluding hydrogens is 648 g/mol. The SMILES string of the molecule is CCOc1cc(OC)ccc1C1(C(=O)N2CCN(C(C)C)CC2)NC(c2ccc(Br)cc2)C(c2ccc(Br)cc2)N1. The molecule has 5 rings (SSSR count). The highest BCUT2D eigenvalue weighted by Crippen LogP contribution is 2.45. The first-order valence-electron chi connectivity index (χ1n) is 14.2. The summed E-state index contributed by atoms with van der Waals surface area (Å²) in [7, 11) is 1.64. The third-order valence-electron chi connectivity index (χ3n) is 8.08. The molecule has 3 aromatic rings. The van der Waals surface area contributed by atoms with Crippen molar-refractivity contribution in [2.75, 3.05) is 39.9 Å². The first-order valence-corrected chi connectivity index (χ1v) is 15.8. The molecule has 2 saturated heterocycles. The molecule has 0 spiro atoms. The Hall–Kier alpha value is -2.43. The summed E-state index contributed by atoms with van der Waals surface area (Å²) in [5, 5.41) is 7.65. The molecule has 218 valence electrons. The summed E-state index contributed by atoms with van der Waals surface area (Å²) in [6, 6.07) is 22.4. The maximum absolute atomic E-state index is 14.9. The number of carbonyl (C=O) groups is 1. The van der Waals surface area contributed by atoms with Crippen molar-refractivity contribution in [1.29, 1.82) is 0 Å². The highest BCUT2D eigenvalue weighted by molar-refractivity contribution is 9.10. The second kappa shape index (κ2) is 12.8. The smallest absolute Gasteiger partial charge is 0.262 e. The zero-order chi connectivity index (χ0) is 29.1. The molecule has 2 fully saturated rings. The predicted molar refractivity (Wildman–Crippen MR) is 169 cm³/mol. The van der Waals surface area contributed by atoms with E-state index in [0.29, 0.717) is 37.2 Å². The van der Waals surface area contributed by atoms with Crippen molar-refractivity contribution < 1.29 is 14.3 Å². The molecule has 2 N–H and O–H groups in total. The van der Waals surface area contributed by atoms with Gasteiger partial charge in [0.15, 0.2) is 5.66 Å². The molecule has 0 saturated carbocycles. The number of hydrogen-bond acceptors (Lipinski definition) is 6. The van der Waals surface area contributed by atoms with Crippen molar-refractivity contribution >= 4 is 37.8 Å². The highest BCUT2D eigenvalue weighted by atomic mass is 79.9. The van der Waals surface area contributed by atoms with Crippen LogP contribution in [0.5, 0.6) is 11.5 Å². The Bertz CT molecular complexity index is 1290. The predicted octanol–water partition coefficient (Wildman–Crippen LogP) is 6.00. The number of nitrogens with one attached hydrogen (secondary N) is 2. The van der Waals surface area contributed by atoms with E-state index >= 15 is 0 Å². The fraction of sp³-hybridized carbons (Fsp3) is 0.406. The van der Waals surface area contributed by atoms with Crippen molar-refractivity contribution in [3.8, 4) is 11.5 Å². The summed E-state index contributed by atoms with van der Waals surface area (Å²) in [6.07, 6.45) is 0. The third kappa shape index (κ3) is 6.20. The summed E-state index contributed by atoms with van der Waals surface area (Å²) in [6.45, 7) is 9.83. The Labute approximate surface area is 259 Å². The lowest BCUT2D eigenvalue weighted by Gasteiger charge is -2.41. The Morgan fingerprint density at radius 1 is 0.902 bits per heavy atom. The van der Waals surface area contributed by atoms with E-state index < -0.39 is 5.66 Å². The van der Waals surface area contributed by atoms with Gasteiger partial charge in [-0.3, -0.25) is 20.3 Å². The average molecular weight is 686 g/mol. The van der Waals surface area contributed by atoms with Gasteiger partial charge < -0.3 is 14.4 Å². The maximum Gasteiger partial charge on any atom is 0.262 e. The van der Waals surface area contributed by atoms with Crippen molar-refractivity contribution in [3.05, 3.63) is 92.4 Å². The van der Waals surface area contributed by atoms with Crippen LogP contribution in [0.15, 0.2) is 75.7 Å². The summed E-state index contributed by atoms with van der Waals surface area (Å²) >= 11 is 7.15. The molecule has 3 aromatic carbocycles. The van der Waals surface area contributed by atoms with Gasteiger partial charge >= 0.3 is 0 Å². The number of methoxy groups -OCH3 is 1. The summed E-state index contributed by atoms with van der Waals surface area (Å²) < 4.78 is 13.7. The Morgan fingerprint density at radius 2 is 1.44 bits per heavy atom. The first-order chi connectivity index (χ1) is 19.8. The molecule has 1 amide bonds. The number of benzene rings is 3. The van der Waals surface area contributed by atoms with Crippen LogP contribution < -0.4 is 20.1 Å².